The van der Waals surface area contributed by atoms with E-state index in [0.29, 0.717) is 30.1 Å². The third-order valence-corrected chi connectivity index (χ3v) is 10.4. The molecule has 4 rings (SSSR count). The minimum absolute atomic E-state index is 0.00302. The second-order valence-electron chi connectivity index (χ2n) is 12.1. The Kier molecular flexibility index (Phi) is 7.08. The lowest BCUT2D eigenvalue weighted by Gasteiger charge is -2.61. The van der Waals surface area contributed by atoms with Crippen molar-refractivity contribution in [3.63, 3.8) is 0 Å². The zero-order valence-electron chi connectivity index (χ0n) is 21.3. The molecule has 4 fully saturated rings. The maximum atomic E-state index is 13.4. The minimum Gasteiger partial charge on any atom is -0.463 e. The molecule has 8 heteroatoms. The van der Waals surface area contributed by atoms with Crippen LogP contribution in [0.2, 0.25) is 0 Å². The average Bonchev–Trinajstić information content (AvgIpc) is 3.09. The molecule has 4 saturated carbocycles. The van der Waals surface area contributed by atoms with Crippen LogP contribution < -0.4 is 0 Å². The molecule has 4 aliphatic rings. The molecule has 0 aromatic carbocycles. The van der Waals surface area contributed by atoms with Gasteiger partial charge in [-0.15, -0.1) is 0 Å². The van der Waals surface area contributed by atoms with Crippen molar-refractivity contribution in [2.45, 2.75) is 110 Å². The van der Waals surface area contributed by atoms with Gasteiger partial charge in [0.1, 0.15) is 11.9 Å². The van der Waals surface area contributed by atoms with Gasteiger partial charge in [-0.25, -0.2) is 0 Å². The molecule has 0 aliphatic heterocycles. The number of rotatable bonds is 5. The molecule has 0 saturated heterocycles. The summed E-state index contributed by atoms with van der Waals surface area (Å²) in [5.74, 6) is -0.217. The number of fused-ring (bicyclic) bond motifs is 5. The summed E-state index contributed by atoms with van der Waals surface area (Å²) in [5, 5.41) is 0. The lowest BCUT2D eigenvalue weighted by Crippen LogP contribution is -2.54. The van der Waals surface area contributed by atoms with E-state index in [1.165, 1.54) is 6.92 Å². The summed E-state index contributed by atoms with van der Waals surface area (Å²) >= 11 is 0. The molecule has 0 unspecified atom stereocenters. The summed E-state index contributed by atoms with van der Waals surface area (Å²) in [6.07, 6.45) is 0.365. The fourth-order valence-electron chi connectivity index (χ4n) is 8.84. The highest BCUT2D eigenvalue weighted by Crippen LogP contribution is 2.67. The second kappa shape index (κ2) is 9.37. The number of carbonyl (C=O) groups is 3. The fourth-order valence-corrected chi connectivity index (χ4v) is 8.84. The summed E-state index contributed by atoms with van der Waals surface area (Å²) in [4.78, 5) is 35.9. The lowest BCUT2D eigenvalue weighted by atomic mass is 9.44. The molecule has 9 atom stereocenters. The van der Waals surface area contributed by atoms with Gasteiger partial charge in [0.15, 0.2) is 0 Å². The Morgan fingerprint density at radius 1 is 0.886 bits per heavy atom. The van der Waals surface area contributed by atoms with E-state index in [0.717, 1.165) is 58.3 Å². The largest absolute Gasteiger partial charge is 0.463 e. The van der Waals surface area contributed by atoms with Gasteiger partial charge in [0.2, 0.25) is 6.10 Å². The number of ketones is 1. The van der Waals surface area contributed by atoms with Crippen LogP contribution >= 0.6 is 0 Å². The van der Waals surface area contributed by atoms with E-state index in [2.05, 4.69) is 18.6 Å². The number of halogens is 3. The van der Waals surface area contributed by atoms with Crippen LogP contribution in [0.3, 0.4) is 0 Å². The van der Waals surface area contributed by atoms with E-state index in [1.54, 1.807) is 0 Å². The van der Waals surface area contributed by atoms with Crippen molar-refractivity contribution in [2.24, 2.45) is 40.4 Å². The zero-order chi connectivity index (χ0) is 25.8. The third-order valence-electron chi connectivity index (χ3n) is 10.4. The van der Waals surface area contributed by atoms with Gasteiger partial charge in [0.25, 0.3) is 0 Å². The van der Waals surface area contributed by atoms with Gasteiger partial charge in [-0.05, 0) is 92.3 Å². The summed E-state index contributed by atoms with van der Waals surface area (Å²) in [6, 6.07) is 0. The van der Waals surface area contributed by atoms with Crippen LogP contribution in [0, 0.1) is 40.4 Å². The quantitative estimate of drug-likeness (QED) is 0.431. The number of alkyl halides is 3. The Labute approximate surface area is 205 Å². The van der Waals surface area contributed by atoms with Crippen LogP contribution in [-0.2, 0) is 23.9 Å². The molecule has 4 aliphatic carbocycles. The van der Waals surface area contributed by atoms with E-state index in [9.17, 15) is 27.6 Å². The maximum absolute atomic E-state index is 13.4. The van der Waals surface area contributed by atoms with Crippen molar-refractivity contribution >= 4 is 17.7 Å². The first kappa shape index (κ1) is 26.5. The van der Waals surface area contributed by atoms with E-state index >= 15 is 0 Å². The van der Waals surface area contributed by atoms with Gasteiger partial charge in [-0.2, -0.15) is 13.2 Å². The Morgan fingerprint density at radius 2 is 1.54 bits per heavy atom. The molecule has 0 aromatic rings. The van der Waals surface area contributed by atoms with Crippen molar-refractivity contribution in [2.75, 3.05) is 0 Å². The summed E-state index contributed by atoms with van der Waals surface area (Å²) in [5.41, 5.74) is -0.123. The molecule has 0 amide bonds. The van der Waals surface area contributed by atoms with E-state index in [1.807, 2.05) is 0 Å². The predicted octanol–water partition coefficient (Wildman–Crippen LogP) is 6.03. The molecule has 35 heavy (non-hydrogen) atoms. The SMILES string of the molecule is CC(=O)O[C@H]1CC[C@@]2(C)[C@@H](CC[C@@H]3[C@@H]2CC[C@]2(C)[C@@H](C(=O)C[C@H](OC(C)=O)C(F)(F)F)CC[C@@H]32)C1. The van der Waals surface area contributed by atoms with Crippen LogP contribution in [0.15, 0.2) is 0 Å². The highest BCUT2D eigenvalue weighted by atomic mass is 19.4. The molecular weight excluding hydrogens is 461 g/mol. The summed E-state index contributed by atoms with van der Waals surface area (Å²) in [7, 11) is 0. The number of hydrogen-bond donors (Lipinski definition) is 0. The molecule has 0 aromatic heterocycles. The van der Waals surface area contributed by atoms with E-state index < -0.39 is 36.4 Å². The number of hydrogen-bond acceptors (Lipinski definition) is 5. The van der Waals surface area contributed by atoms with Crippen LogP contribution in [0.25, 0.3) is 0 Å². The number of esters is 2. The maximum Gasteiger partial charge on any atom is 0.425 e. The van der Waals surface area contributed by atoms with Gasteiger partial charge in [-0.3, -0.25) is 14.4 Å². The van der Waals surface area contributed by atoms with Crippen molar-refractivity contribution < 1.29 is 37.0 Å². The van der Waals surface area contributed by atoms with Crippen molar-refractivity contribution in [3.05, 3.63) is 0 Å². The lowest BCUT2D eigenvalue weighted by molar-refractivity contribution is -0.221. The Balaban J connectivity index is 1.47. The normalized spacial score (nSPS) is 41.7. The molecule has 5 nitrogen and oxygen atoms in total. The highest BCUT2D eigenvalue weighted by Gasteiger charge is 2.61. The zero-order valence-corrected chi connectivity index (χ0v) is 21.3. The van der Waals surface area contributed by atoms with Crippen LogP contribution in [0.1, 0.15) is 91.9 Å². The fraction of sp³-hybridized carbons (Fsp3) is 0.889. The van der Waals surface area contributed by atoms with Gasteiger partial charge < -0.3 is 9.47 Å². The van der Waals surface area contributed by atoms with E-state index in [4.69, 9.17) is 4.74 Å². The smallest absolute Gasteiger partial charge is 0.425 e. The first-order valence-corrected chi connectivity index (χ1v) is 13.2. The number of carbonyl (C=O) groups excluding carboxylic acids is 3. The average molecular weight is 501 g/mol. The Morgan fingerprint density at radius 3 is 2.17 bits per heavy atom. The number of ether oxygens (including phenoxy) is 2. The molecule has 0 heterocycles. The summed E-state index contributed by atoms with van der Waals surface area (Å²) < 4.78 is 50.3. The van der Waals surface area contributed by atoms with Gasteiger partial charge in [0.05, 0.1) is 6.42 Å². The predicted molar refractivity (Wildman–Crippen MR) is 122 cm³/mol. The second-order valence-corrected chi connectivity index (χ2v) is 12.1. The molecule has 0 N–H and O–H groups in total. The van der Waals surface area contributed by atoms with Crippen LogP contribution in [-0.4, -0.2) is 36.1 Å². The van der Waals surface area contributed by atoms with Gasteiger partial charge in [0, 0.05) is 19.8 Å². The first-order valence-electron chi connectivity index (χ1n) is 13.2. The van der Waals surface area contributed by atoms with Gasteiger partial charge in [-0.1, -0.05) is 13.8 Å². The van der Waals surface area contributed by atoms with Crippen LogP contribution in [0.5, 0.6) is 0 Å². The first-order chi connectivity index (χ1) is 16.3. The third kappa shape index (κ3) is 4.87. The number of Topliss-reactive ketones (excluding diaryl/α,β-unsaturated/α-hetero) is 1. The molecule has 0 spiro atoms. The molecule has 0 bridgehead atoms. The van der Waals surface area contributed by atoms with E-state index in [-0.39, 0.29) is 22.9 Å². The monoisotopic (exact) mass is 500 g/mol. The van der Waals surface area contributed by atoms with Crippen molar-refractivity contribution in [1.82, 2.24) is 0 Å². The minimum atomic E-state index is -4.75. The highest BCUT2D eigenvalue weighted by molar-refractivity contribution is 5.83. The summed E-state index contributed by atoms with van der Waals surface area (Å²) in [6.45, 7) is 6.91. The standard InChI is InChI=1S/C27H39F3O5/c1-15(31)34-18-9-11-25(3)17(13-18)5-6-19-20-7-8-22(26(20,4)12-10-21(19)25)23(33)14-24(27(28,29)30)35-16(2)32/h17-22,24H,5-14H2,1-4H3/t17-,18-,19-,20-,21-,22+,24-,25-,26-/m0/s1. The van der Waals surface area contributed by atoms with Gasteiger partial charge >= 0.3 is 18.1 Å². The molecular formula is C27H39F3O5. The molecule has 0 radical (unpaired) electrons. The Hall–Kier alpha value is -1.60. The molecule has 198 valence electrons. The van der Waals surface area contributed by atoms with Crippen LogP contribution in [0.4, 0.5) is 13.2 Å². The Bertz CT molecular complexity index is 856. The van der Waals surface area contributed by atoms with Crippen molar-refractivity contribution in [1.29, 1.82) is 0 Å². The van der Waals surface area contributed by atoms with Crippen molar-refractivity contribution in [3.8, 4) is 0 Å². The topological polar surface area (TPSA) is 69.7 Å².